The highest BCUT2D eigenvalue weighted by molar-refractivity contribution is 5.75. The summed E-state index contributed by atoms with van der Waals surface area (Å²) in [5.74, 6) is 0.549. The van der Waals surface area contributed by atoms with Gasteiger partial charge in [0.1, 0.15) is 6.04 Å². The fraction of sp³-hybridized carbons (Fsp3) is 0.900. The minimum Gasteiger partial charge on any atom is -0.465 e. The first-order valence-corrected chi connectivity index (χ1v) is 5.16. The van der Waals surface area contributed by atoms with Gasteiger partial charge in [0.25, 0.3) is 0 Å². The third-order valence-electron chi connectivity index (χ3n) is 2.74. The van der Waals surface area contributed by atoms with Crippen LogP contribution in [0.5, 0.6) is 0 Å². The fourth-order valence-corrected chi connectivity index (χ4v) is 1.38. The van der Waals surface area contributed by atoms with Crippen LogP contribution in [0.1, 0.15) is 39.0 Å². The lowest BCUT2D eigenvalue weighted by molar-refractivity contribution is -0.145. The number of rotatable bonds is 5. The lowest BCUT2D eigenvalue weighted by atomic mass is 9.83. The van der Waals surface area contributed by atoms with E-state index in [2.05, 4.69) is 0 Å². The van der Waals surface area contributed by atoms with Crippen LogP contribution in [0.3, 0.4) is 0 Å². The molecular weight excluding hydrogens is 166 g/mol. The van der Waals surface area contributed by atoms with Crippen molar-refractivity contribution in [3.63, 3.8) is 0 Å². The van der Waals surface area contributed by atoms with Gasteiger partial charge in [0.05, 0.1) is 6.61 Å². The molecule has 1 atom stereocenters. The standard InChI is InChI=1S/C10H19NO2/c1-2-9(11)10(12)13-7-6-8-4-3-5-8/h8-9H,2-7,11H2,1H3/t9-/m0/s1. The summed E-state index contributed by atoms with van der Waals surface area (Å²) >= 11 is 0. The van der Waals surface area contributed by atoms with Crippen molar-refractivity contribution in [1.82, 2.24) is 0 Å². The molecule has 0 heterocycles. The molecular formula is C10H19NO2. The van der Waals surface area contributed by atoms with Crippen molar-refractivity contribution in [2.24, 2.45) is 11.7 Å². The van der Waals surface area contributed by atoms with Gasteiger partial charge in [-0.3, -0.25) is 4.79 Å². The van der Waals surface area contributed by atoms with Crippen molar-refractivity contribution >= 4 is 5.97 Å². The number of hydrogen-bond acceptors (Lipinski definition) is 3. The van der Waals surface area contributed by atoms with Crippen LogP contribution in [0.25, 0.3) is 0 Å². The van der Waals surface area contributed by atoms with E-state index >= 15 is 0 Å². The number of ether oxygens (including phenoxy) is 1. The second-order valence-corrected chi connectivity index (χ2v) is 3.77. The van der Waals surface area contributed by atoms with Crippen LogP contribution in [0.2, 0.25) is 0 Å². The molecule has 13 heavy (non-hydrogen) atoms. The van der Waals surface area contributed by atoms with Crippen LogP contribution >= 0.6 is 0 Å². The molecule has 2 N–H and O–H groups in total. The normalized spacial score (nSPS) is 19.2. The Morgan fingerprint density at radius 3 is 2.77 bits per heavy atom. The van der Waals surface area contributed by atoms with E-state index in [0.29, 0.717) is 13.0 Å². The predicted molar refractivity (Wildman–Crippen MR) is 51.2 cm³/mol. The topological polar surface area (TPSA) is 52.3 Å². The van der Waals surface area contributed by atoms with Crippen molar-refractivity contribution in [3.05, 3.63) is 0 Å². The molecule has 1 fully saturated rings. The Morgan fingerprint density at radius 1 is 1.62 bits per heavy atom. The number of hydrogen-bond donors (Lipinski definition) is 1. The second-order valence-electron chi connectivity index (χ2n) is 3.77. The maximum absolute atomic E-state index is 11.1. The lowest BCUT2D eigenvalue weighted by Gasteiger charge is -2.24. The smallest absolute Gasteiger partial charge is 0.322 e. The highest BCUT2D eigenvalue weighted by Crippen LogP contribution is 2.29. The molecule has 76 valence electrons. The van der Waals surface area contributed by atoms with Gasteiger partial charge in [-0.25, -0.2) is 0 Å². The quantitative estimate of drug-likeness (QED) is 0.660. The van der Waals surface area contributed by atoms with Crippen LogP contribution in [-0.4, -0.2) is 18.6 Å². The zero-order chi connectivity index (χ0) is 9.68. The summed E-state index contributed by atoms with van der Waals surface area (Å²) in [6, 6.07) is -0.429. The van der Waals surface area contributed by atoms with Crippen LogP contribution in [0, 0.1) is 5.92 Å². The van der Waals surface area contributed by atoms with Crippen molar-refractivity contribution in [3.8, 4) is 0 Å². The van der Waals surface area contributed by atoms with Gasteiger partial charge in [-0.1, -0.05) is 26.2 Å². The molecule has 0 spiro atoms. The van der Waals surface area contributed by atoms with E-state index in [1.54, 1.807) is 0 Å². The summed E-state index contributed by atoms with van der Waals surface area (Å²) < 4.78 is 5.04. The van der Waals surface area contributed by atoms with E-state index in [-0.39, 0.29) is 5.97 Å². The fourth-order valence-electron chi connectivity index (χ4n) is 1.38. The van der Waals surface area contributed by atoms with Crippen LogP contribution < -0.4 is 5.73 Å². The molecule has 1 aliphatic carbocycles. The van der Waals surface area contributed by atoms with Crippen LogP contribution in [-0.2, 0) is 9.53 Å². The molecule has 0 unspecified atom stereocenters. The van der Waals surface area contributed by atoms with Gasteiger partial charge in [0.15, 0.2) is 0 Å². The molecule has 1 aliphatic rings. The molecule has 0 amide bonds. The summed E-state index contributed by atoms with van der Waals surface area (Å²) in [5.41, 5.74) is 5.51. The molecule has 0 aromatic rings. The van der Waals surface area contributed by atoms with Crippen molar-refractivity contribution < 1.29 is 9.53 Å². The SMILES string of the molecule is CC[C@H](N)C(=O)OCCC1CCC1. The van der Waals surface area contributed by atoms with E-state index in [1.807, 2.05) is 6.92 Å². The summed E-state index contributed by atoms with van der Waals surface area (Å²) in [5, 5.41) is 0. The molecule has 1 rings (SSSR count). The lowest BCUT2D eigenvalue weighted by Crippen LogP contribution is -2.32. The Labute approximate surface area is 79.6 Å². The average molecular weight is 185 g/mol. The minimum atomic E-state index is -0.429. The molecule has 3 heteroatoms. The van der Waals surface area contributed by atoms with Crippen molar-refractivity contribution in [2.45, 2.75) is 45.1 Å². The first-order valence-electron chi connectivity index (χ1n) is 5.16. The molecule has 0 radical (unpaired) electrons. The molecule has 0 aliphatic heterocycles. The van der Waals surface area contributed by atoms with Gasteiger partial charge in [0, 0.05) is 0 Å². The van der Waals surface area contributed by atoms with E-state index in [0.717, 1.165) is 12.3 Å². The van der Waals surface area contributed by atoms with Gasteiger partial charge in [-0.05, 0) is 18.8 Å². The second kappa shape index (κ2) is 5.22. The monoisotopic (exact) mass is 185 g/mol. The number of nitrogens with two attached hydrogens (primary N) is 1. The van der Waals surface area contributed by atoms with Crippen molar-refractivity contribution in [2.75, 3.05) is 6.61 Å². The van der Waals surface area contributed by atoms with Crippen molar-refractivity contribution in [1.29, 1.82) is 0 Å². The third kappa shape index (κ3) is 3.35. The molecule has 0 aromatic heterocycles. The van der Waals surface area contributed by atoms with Gasteiger partial charge in [-0.15, -0.1) is 0 Å². The maximum atomic E-state index is 11.1. The largest absolute Gasteiger partial charge is 0.465 e. The zero-order valence-electron chi connectivity index (χ0n) is 8.29. The Bertz CT molecular complexity index is 166. The predicted octanol–water partition coefficient (Wildman–Crippen LogP) is 1.46. The Kier molecular flexibility index (Phi) is 4.22. The molecule has 1 saturated carbocycles. The number of carbonyl (C=O) groups excluding carboxylic acids is 1. The van der Waals surface area contributed by atoms with Gasteiger partial charge in [-0.2, -0.15) is 0 Å². The van der Waals surface area contributed by atoms with E-state index in [1.165, 1.54) is 19.3 Å². The van der Waals surface area contributed by atoms with Gasteiger partial charge < -0.3 is 10.5 Å². The van der Waals surface area contributed by atoms with Crippen LogP contribution in [0.15, 0.2) is 0 Å². The van der Waals surface area contributed by atoms with Gasteiger partial charge in [0.2, 0.25) is 0 Å². The maximum Gasteiger partial charge on any atom is 0.322 e. The molecule has 0 saturated heterocycles. The minimum absolute atomic E-state index is 0.248. The first kappa shape index (κ1) is 10.5. The van der Waals surface area contributed by atoms with E-state index in [9.17, 15) is 4.79 Å². The Balaban J connectivity index is 2.00. The molecule has 0 aromatic carbocycles. The first-order chi connectivity index (χ1) is 6.24. The summed E-state index contributed by atoms with van der Waals surface area (Å²) in [6.07, 6.45) is 5.62. The van der Waals surface area contributed by atoms with E-state index in [4.69, 9.17) is 10.5 Å². The highest BCUT2D eigenvalue weighted by Gasteiger charge is 2.18. The number of carbonyl (C=O) groups is 1. The third-order valence-corrected chi connectivity index (χ3v) is 2.74. The zero-order valence-corrected chi connectivity index (χ0v) is 8.29. The van der Waals surface area contributed by atoms with Gasteiger partial charge >= 0.3 is 5.97 Å². The summed E-state index contributed by atoms with van der Waals surface area (Å²) in [6.45, 7) is 2.44. The summed E-state index contributed by atoms with van der Waals surface area (Å²) in [7, 11) is 0. The Morgan fingerprint density at radius 2 is 2.31 bits per heavy atom. The summed E-state index contributed by atoms with van der Waals surface area (Å²) in [4.78, 5) is 11.1. The average Bonchev–Trinajstić information content (AvgIpc) is 2.07. The van der Waals surface area contributed by atoms with E-state index < -0.39 is 6.04 Å². The molecule has 0 bridgehead atoms. The number of esters is 1. The Hall–Kier alpha value is -0.570. The highest BCUT2D eigenvalue weighted by atomic mass is 16.5. The van der Waals surface area contributed by atoms with Crippen LogP contribution in [0.4, 0.5) is 0 Å². The molecule has 3 nitrogen and oxygen atoms in total.